The van der Waals surface area contributed by atoms with E-state index >= 15 is 0 Å². The van der Waals surface area contributed by atoms with E-state index in [4.69, 9.17) is 0 Å². The van der Waals surface area contributed by atoms with Crippen LogP contribution in [0.4, 0.5) is 17.1 Å². The first-order valence-electron chi connectivity index (χ1n) is 16.6. The molecule has 4 heterocycles. The van der Waals surface area contributed by atoms with Gasteiger partial charge in [-0.05, 0) is 58.7 Å². The van der Waals surface area contributed by atoms with Gasteiger partial charge in [0, 0.05) is 16.2 Å². The van der Waals surface area contributed by atoms with Crippen molar-refractivity contribution in [1.29, 1.82) is 0 Å². The van der Waals surface area contributed by atoms with Gasteiger partial charge in [0.05, 0.1) is 44.5 Å². The SMILES string of the molecule is c1ccc(C2(c3ccccc3)c3ccccc3N(c3cccc4c3n3c5ccccc5c5c6ccccc6n4c53)c3ccccc32)cc1. The molecule has 10 aromatic rings. The quantitative estimate of drug-likeness (QED) is 0.194. The molecule has 0 fully saturated rings. The minimum atomic E-state index is -0.501. The van der Waals surface area contributed by atoms with E-state index in [1.54, 1.807) is 0 Å². The Morgan fingerprint density at radius 2 is 0.812 bits per heavy atom. The highest BCUT2D eigenvalue weighted by Crippen LogP contribution is 2.58. The van der Waals surface area contributed by atoms with Crippen LogP contribution in [0.5, 0.6) is 0 Å². The van der Waals surface area contributed by atoms with E-state index in [0.29, 0.717) is 0 Å². The summed E-state index contributed by atoms with van der Waals surface area (Å²) in [7, 11) is 0. The van der Waals surface area contributed by atoms with Crippen LogP contribution in [0.2, 0.25) is 0 Å². The molecule has 1 aliphatic rings. The maximum absolute atomic E-state index is 2.52. The van der Waals surface area contributed by atoms with Crippen molar-refractivity contribution in [1.82, 2.24) is 8.80 Å². The standard InChI is InChI=1S/C45H29N3/c1-3-16-30(17-4-1)45(31-18-5-2-6-19-31)34-22-9-13-26-38(34)46(39-27-14-10-23-35(39)45)40-28-15-29-41-43(40)48-37-25-12-8-21-33(37)42-32-20-7-11-24-36(32)47(41)44(42)48/h1-29H. The fourth-order valence-corrected chi connectivity index (χ4v) is 8.95. The van der Waals surface area contributed by atoms with Crippen molar-refractivity contribution in [2.45, 2.75) is 5.41 Å². The molecule has 0 bridgehead atoms. The van der Waals surface area contributed by atoms with Crippen molar-refractivity contribution in [3.05, 3.63) is 198 Å². The summed E-state index contributed by atoms with van der Waals surface area (Å²) in [5, 5.41) is 3.90. The van der Waals surface area contributed by atoms with Crippen LogP contribution in [0, 0.1) is 0 Å². The molecule has 0 saturated carbocycles. The average Bonchev–Trinajstić information content (AvgIpc) is 3.80. The lowest BCUT2D eigenvalue weighted by Crippen LogP contribution is -2.37. The molecule has 7 aromatic carbocycles. The molecule has 0 atom stereocenters. The Hall–Kier alpha value is -6.32. The fourth-order valence-electron chi connectivity index (χ4n) is 8.95. The smallest absolute Gasteiger partial charge is 0.131 e. The number of para-hydroxylation sites is 5. The third-order valence-electron chi connectivity index (χ3n) is 10.7. The predicted octanol–water partition coefficient (Wildman–Crippen LogP) is 11.3. The molecule has 224 valence electrons. The lowest BCUT2D eigenvalue weighted by atomic mass is 9.62. The molecule has 1 aliphatic heterocycles. The molecule has 0 amide bonds. The monoisotopic (exact) mass is 611 g/mol. The summed E-state index contributed by atoms with van der Waals surface area (Å²) in [6, 6.07) is 64.6. The molecule has 0 aliphatic carbocycles. The molecule has 0 unspecified atom stereocenters. The van der Waals surface area contributed by atoms with Crippen molar-refractivity contribution in [3.63, 3.8) is 0 Å². The Balaban J connectivity index is 1.31. The zero-order valence-corrected chi connectivity index (χ0v) is 26.1. The van der Waals surface area contributed by atoms with Crippen LogP contribution in [-0.2, 0) is 5.41 Å². The fraction of sp³-hybridized carbons (Fsp3) is 0.0222. The van der Waals surface area contributed by atoms with Gasteiger partial charge in [-0.3, -0.25) is 8.80 Å². The number of anilines is 3. The van der Waals surface area contributed by atoms with Crippen LogP contribution in [0.3, 0.4) is 0 Å². The molecule has 0 radical (unpaired) electrons. The van der Waals surface area contributed by atoms with Crippen LogP contribution >= 0.6 is 0 Å². The van der Waals surface area contributed by atoms with Crippen LogP contribution in [0.1, 0.15) is 22.3 Å². The number of imidazole rings is 1. The summed E-state index contributed by atoms with van der Waals surface area (Å²) < 4.78 is 4.99. The number of rotatable bonds is 3. The Kier molecular flexibility index (Phi) is 5.04. The van der Waals surface area contributed by atoms with Gasteiger partial charge >= 0.3 is 0 Å². The average molecular weight is 612 g/mol. The zero-order chi connectivity index (χ0) is 31.4. The molecule has 0 saturated heterocycles. The topological polar surface area (TPSA) is 12.1 Å². The van der Waals surface area contributed by atoms with Gasteiger partial charge in [-0.15, -0.1) is 0 Å². The van der Waals surface area contributed by atoms with Crippen molar-refractivity contribution >= 4 is 60.9 Å². The maximum atomic E-state index is 2.52. The van der Waals surface area contributed by atoms with E-state index in [1.807, 2.05) is 0 Å². The number of nitrogens with zero attached hydrogens (tertiary/aromatic N) is 3. The number of hydrogen-bond donors (Lipinski definition) is 0. The van der Waals surface area contributed by atoms with E-state index in [-0.39, 0.29) is 0 Å². The second-order valence-corrected chi connectivity index (χ2v) is 12.9. The number of aromatic nitrogens is 2. The number of hydrogen-bond acceptors (Lipinski definition) is 1. The Morgan fingerprint density at radius 3 is 1.42 bits per heavy atom. The van der Waals surface area contributed by atoms with Gasteiger partial charge in [-0.25, -0.2) is 0 Å². The highest BCUT2D eigenvalue weighted by Gasteiger charge is 2.46. The Labute approximate surface area is 277 Å². The van der Waals surface area contributed by atoms with Gasteiger partial charge in [0.25, 0.3) is 0 Å². The van der Waals surface area contributed by atoms with Gasteiger partial charge < -0.3 is 4.90 Å². The second-order valence-electron chi connectivity index (χ2n) is 12.9. The first-order valence-corrected chi connectivity index (χ1v) is 16.6. The molecule has 0 N–H and O–H groups in total. The normalized spacial score (nSPS) is 14.0. The molecule has 11 rings (SSSR count). The van der Waals surface area contributed by atoms with Crippen molar-refractivity contribution in [2.75, 3.05) is 4.90 Å². The second kappa shape index (κ2) is 9.37. The van der Waals surface area contributed by atoms with Gasteiger partial charge in [-0.2, -0.15) is 0 Å². The maximum Gasteiger partial charge on any atom is 0.131 e. The van der Waals surface area contributed by atoms with Crippen LogP contribution in [-0.4, -0.2) is 8.80 Å². The first-order chi connectivity index (χ1) is 23.9. The van der Waals surface area contributed by atoms with Gasteiger partial charge in [0.2, 0.25) is 0 Å². The zero-order valence-electron chi connectivity index (χ0n) is 26.1. The van der Waals surface area contributed by atoms with Gasteiger partial charge in [0.1, 0.15) is 5.65 Å². The van der Waals surface area contributed by atoms with Crippen molar-refractivity contribution in [3.8, 4) is 0 Å². The van der Waals surface area contributed by atoms with Crippen molar-refractivity contribution < 1.29 is 0 Å². The van der Waals surface area contributed by atoms with Crippen LogP contribution in [0.25, 0.3) is 43.9 Å². The van der Waals surface area contributed by atoms with Gasteiger partial charge in [-0.1, -0.05) is 140 Å². The molecule has 0 spiro atoms. The molecule has 3 heteroatoms. The van der Waals surface area contributed by atoms with Crippen LogP contribution < -0.4 is 4.90 Å². The molecule has 3 nitrogen and oxygen atoms in total. The predicted molar refractivity (Wildman–Crippen MR) is 199 cm³/mol. The summed E-state index contributed by atoms with van der Waals surface area (Å²) in [5.74, 6) is 0. The van der Waals surface area contributed by atoms with Gasteiger partial charge in [0.15, 0.2) is 0 Å². The van der Waals surface area contributed by atoms with E-state index < -0.39 is 5.41 Å². The highest BCUT2D eigenvalue weighted by molar-refractivity contribution is 6.25. The van der Waals surface area contributed by atoms with E-state index in [9.17, 15) is 0 Å². The summed E-state index contributed by atoms with van der Waals surface area (Å²) in [6.45, 7) is 0. The minimum absolute atomic E-state index is 0.501. The molecule has 48 heavy (non-hydrogen) atoms. The largest absolute Gasteiger partial charge is 0.308 e. The van der Waals surface area contributed by atoms with E-state index in [0.717, 1.165) is 5.69 Å². The summed E-state index contributed by atoms with van der Waals surface area (Å²) in [4.78, 5) is 2.52. The summed E-state index contributed by atoms with van der Waals surface area (Å²) in [6.07, 6.45) is 0. The molecule has 3 aromatic heterocycles. The Bertz CT molecular complexity index is 2750. The van der Waals surface area contributed by atoms with Crippen molar-refractivity contribution in [2.24, 2.45) is 0 Å². The number of fused-ring (bicyclic) bond motifs is 11. The molecular formula is C45H29N3. The lowest BCUT2D eigenvalue weighted by Gasteiger charge is -2.46. The minimum Gasteiger partial charge on any atom is -0.308 e. The van der Waals surface area contributed by atoms with E-state index in [1.165, 1.54) is 77.5 Å². The molecular weight excluding hydrogens is 583 g/mol. The number of benzene rings is 7. The summed E-state index contributed by atoms with van der Waals surface area (Å²) >= 11 is 0. The Morgan fingerprint density at radius 1 is 0.354 bits per heavy atom. The first kappa shape index (κ1) is 25.8. The third kappa shape index (κ3) is 3.04. The lowest BCUT2D eigenvalue weighted by molar-refractivity contribution is 0.731. The highest BCUT2D eigenvalue weighted by atomic mass is 15.2. The summed E-state index contributed by atoms with van der Waals surface area (Å²) in [5.41, 5.74) is 14.2. The third-order valence-corrected chi connectivity index (χ3v) is 10.7. The van der Waals surface area contributed by atoms with Crippen LogP contribution in [0.15, 0.2) is 176 Å². The van der Waals surface area contributed by atoms with E-state index in [2.05, 4.69) is 190 Å².